The Morgan fingerprint density at radius 1 is 1.05 bits per heavy atom. The van der Waals surface area contributed by atoms with E-state index < -0.39 is 0 Å². The van der Waals surface area contributed by atoms with Crippen LogP contribution in [0.25, 0.3) is 43.8 Å². The molecule has 2 aromatic carbocycles. The van der Waals surface area contributed by atoms with Crippen molar-refractivity contribution in [2.75, 3.05) is 33.3 Å². The molecule has 206 valence electrons. The van der Waals surface area contributed by atoms with Gasteiger partial charge in [0.05, 0.1) is 6.04 Å². The lowest BCUT2D eigenvalue weighted by Gasteiger charge is -2.24. The molecule has 2 aliphatic heterocycles. The first kappa shape index (κ1) is 25.3. The van der Waals surface area contributed by atoms with Crippen molar-refractivity contribution in [3.63, 3.8) is 0 Å². The highest BCUT2D eigenvalue weighted by atomic mass is 19.1. The third-order valence-electron chi connectivity index (χ3n) is 8.81. The van der Waals surface area contributed by atoms with Gasteiger partial charge >= 0.3 is 0 Å². The molecular weight excluding hydrogens is 505 g/mol. The Hall–Kier alpha value is -3.69. The summed E-state index contributed by atoms with van der Waals surface area (Å²) in [5.74, 6) is -0.0165. The van der Waals surface area contributed by atoms with Gasteiger partial charge in [-0.2, -0.15) is 0 Å². The number of hydrogen-bond acceptors (Lipinski definition) is 7. The lowest BCUT2D eigenvalue weighted by Crippen LogP contribution is -2.30. The summed E-state index contributed by atoms with van der Waals surface area (Å²) in [6, 6.07) is 10.6. The lowest BCUT2D eigenvalue weighted by atomic mass is 9.93. The number of likely N-dealkylation sites (tertiary alicyclic amines) is 1. The SMILES string of the molecule is Cc1cc2c(nc(OCC3CCCN3C)c3nnn(C4CCNCC4)c32)c(F)c1-c1cnc(C)c2ccccc12. The maximum Gasteiger partial charge on any atom is 0.245 e. The number of likely N-dealkylation sites (N-methyl/N-ethyl adjacent to an activating group) is 1. The van der Waals surface area contributed by atoms with Crippen LogP contribution in [0.1, 0.15) is 43.0 Å². The van der Waals surface area contributed by atoms with Gasteiger partial charge in [-0.25, -0.2) is 14.1 Å². The van der Waals surface area contributed by atoms with Gasteiger partial charge in [-0.3, -0.25) is 4.98 Å². The van der Waals surface area contributed by atoms with Gasteiger partial charge in [-0.15, -0.1) is 5.10 Å². The molecule has 8 nitrogen and oxygen atoms in total. The van der Waals surface area contributed by atoms with E-state index in [0.29, 0.717) is 35.0 Å². The van der Waals surface area contributed by atoms with Gasteiger partial charge in [0.1, 0.15) is 17.6 Å². The molecule has 0 spiro atoms. The number of nitrogens with zero attached hydrogens (tertiary/aromatic N) is 6. The van der Waals surface area contributed by atoms with E-state index in [4.69, 9.17) is 9.72 Å². The lowest BCUT2D eigenvalue weighted by molar-refractivity contribution is 0.195. The number of fused-ring (bicyclic) bond motifs is 4. The zero-order valence-corrected chi connectivity index (χ0v) is 23.2. The summed E-state index contributed by atoms with van der Waals surface area (Å²) in [5.41, 5.74) is 4.70. The van der Waals surface area contributed by atoms with Crippen molar-refractivity contribution in [3.8, 4) is 17.0 Å². The molecule has 1 N–H and O–H groups in total. The first-order valence-electron chi connectivity index (χ1n) is 14.3. The summed E-state index contributed by atoms with van der Waals surface area (Å²) >= 11 is 0. The summed E-state index contributed by atoms with van der Waals surface area (Å²) in [5, 5.41) is 15.3. The summed E-state index contributed by atoms with van der Waals surface area (Å²) in [6.45, 7) is 7.30. The third-order valence-corrected chi connectivity index (χ3v) is 8.81. The largest absolute Gasteiger partial charge is 0.474 e. The number of halogens is 1. The predicted molar refractivity (Wildman–Crippen MR) is 155 cm³/mol. The van der Waals surface area contributed by atoms with Gasteiger partial charge < -0.3 is 15.0 Å². The Labute approximate surface area is 232 Å². The number of aromatic nitrogens is 5. The molecular formula is C31H34FN7O. The first-order valence-corrected chi connectivity index (χ1v) is 14.3. The second-order valence-corrected chi connectivity index (χ2v) is 11.3. The summed E-state index contributed by atoms with van der Waals surface area (Å²) in [7, 11) is 2.12. The minimum Gasteiger partial charge on any atom is -0.474 e. The molecule has 5 heterocycles. The highest BCUT2D eigenvalue weighted by Crippen LogP contribution is 2.40. The fourth-order valence-corrected chi connectivity index (χ4v) is 6.54. The first-order chi connectivity index (χ1) is 19.5. The minimum absolute atomic E-state index is 0.180. The van der Waals surface area contributed by atoms with Crippen molar-refractivity contribution in [3.05, 3.63) is 53.6 Å². The van der Waals surface area contributed by atoms with Gasteiger partial charge in [0, 0.05) is 39.8 Å². The maximum absolute atomic E-state index is 16.8. The van der Waals surface area contributed by atoms with E-state index in [1.807, 2.05) is 48.9 Å². The molecule has 0 amide bonds. The van der Waals surface area contributed by atoms with Crippen LogP contribution in [-0.2, 0) is 0 Å². The van der Waals surface area contributed by atoms with Gasteiger partial charge in [0.25, 0.3) is 0 Å². The molecule has 7 rings (SSSR count). The highest BCUT2D eigenvalue weighted by Gasteiger charge is 2.28. The fourth-order valence-electron chi connectivity index (χ4n) is 6.54. The summed E-state index contributed by atoms with van der Waals surface area (Å²) in [6.07, 6.45) is 5.87. The summed E-state index contributed by atoms with van der Waals surface area (Å²) in [4.78, 5) is 11.7. The van der Waals surface area contributed by atoms with Crippen molar-refractivity contribution < 1.29 is 9.13 Å². The Kier molecular flexibility index (Phi) is 6.35. The van der Waals surface area contributed by atoms with Crippen LogP contribution in [0.2, 0.25) is 0 Å². The van der Waals surface area contributed by atoms with E-state index in [1.165, 1.54) is 0 Å². The van der Waals surface area contributed by atoms with Crippen LogP contribution in [-0.4, -0.2) is 69.2 Å². The van der Waals surface area contributed by atoms with Crippen LogP contribution in [0.4, 0.5) is 4.39 Å². The number of aryl methyl sites for hydroxylation is 2. The van der Waals surface area contributed by atoms with Crippen molar-refractivity contribution >= 4 is 32.7 Å². The molecule has 9 heteroatoms. The number of rotatable bonds is 5. The van der Waals surface area contributed by atoms with Gasteiger partial charge in [0.2, 0.25) is 5.88 Å². The van der Waals surface area contributed by atoms with E-state index in [0.717, 1.165) is 78.4 Å². The van der Waals surface area contributed by atoms with E-state index in [1.54, 1.807) is 6.20 Å². The van der Waals surface area contributed by atoms with Gasteiger partial charge in [0.15, 0.2) is 11.3 Å². The molecule has 1 atom stereocenters. The van der Waals surface area contributed by atoms with Crippen molar-refractivity contribution in [2.24, 2.45) is 0 Å². The second kappa shape index (κ2) is 10.1. The quantitative estimate of drug-likeness (QED) is 0.323. The second-order valence-electron chi connectivity index (χ2n) is 11.3. The monoisotopic (exact) mass is 539 g/mol. The number of ether oxygens (including phenoxy) is 1. The molecule has 5 aromatic rings. The number of benzene rings is 2. The topological polar surface area (TPSA) is 81.0 Å². The maximum atomic E-state index is 16.8. The number of hydrogen-bond donors (Lipinski definition) is 1. The fraction of sp³-hybridized carbons (Fsp3) is 0.419. The average molecular weight is 540 g/mol. The standard InChI is InChI=1S/C31H34FN7O/c1-18-15-24-28(27(32)26(18)25-16-34-19(2)22-8-4-5-9-23(22)25)35-31(40-17-21-7-6-14-38(21)3)29-30(24)39(37-36-29)20-10-12-33-13-11-20/h4-5,8-9,15-16,20-21,33H,6-7,10-14,17H2,1-3H3. The van der Waals surface area contributed by atoms with Crippen molar-refractivity contribution in [1.82, 2.24) is 35.2 Å². The summed E-state index contributed by atoms with van der Waals surface area (Å²) < 4.78 is 25.1. The van der Waals surface area contributed by atoms with Crippen LogP contribution in [0.3, 0.4) is 0 Å². The molecule has 0 saturated carbocycles. The number of piperidine rings is 1. The Bertz CT molecular complexity index is 1740. The van der Waals surface area contributed by atoms with E-state index in [9.17, 15) is 0 Å². The Morgan fingerprint density at radius 2 is 1.85 bits per heavy atom. The smallest absolute Gasteiger partial charge is 0.245 e. The Balaban J connectivity index is 1.45. The molecule has 2 saturated heterocycles. The number of pyridine rings is 2. The van der Waals surface area contributed by atoms with Crippen LogP contribution in [0.5, 0.6) is 5.88 Å². The van der Waals surface area contributed by atoms with Crippen LogP contribution in [0.15, 0.2) is 36.5 Å². The van der Waals surface area contributed by atoms with Gasteiger partial charge in [-0.1, -0.05) is 29.5 Å². The molecule has 2 fully saturated rings. The molecule has 0 aliphatic carbocycles. The third kappa shape index (κ3) is 4.10. The zero-order valence-electron chi connectivity index (χ0n) is 23.2. The minimum atomic E-state index is -0.367. The normalized spacial score (nSPS) is 18.9. The van der Waals surface area contributed by atoms with E-state index in [-0.39, 0.29) is 17.4 Å². The van der Waals surface area contributed by atoms with Crippen LogP contribution >= 0.6 is 0 Å². The van der Waals surface area contributed by atoms with Crippen molar-refractivity contribution in [1.29, 1.82) is 0 Å². The Morgan fingerprint density at radius 3 is 2.62 bits per heavy atom. The van der Waals surface area contributed by atoms with Gasteiger partial charge in [-0.05, 0) is 83.2 Å². The molecule has 0 radical (unpaired) electrons. The van der Waals surface area contributed by atoms with E-state index >= 15 is 4.39 Å². The highest BCUT2D eigenvalue weighted by molar-refractivity contribution is 6.07. The van der Waals surface area contributed by atoms with E-state index in [2.05, 4.69) is 32.6 Å². The predicted octanol–water partition coefficient (Wildman–Crippen LogP) is 5.35. The molecule has 0 bridgehead atoms. The average Bonchev–Trinajstić information content (AvgIpc) is 3.60. The molecule has 1 unspecified atom stereocenters. The molecule has 2 aliphatic rings. The number of nitrogens with one attached hydrogen (secondary N) is 1. The van der Waals surface area contributed by atoms with Crippen LogP contribution in [0, 0.1) is 19.7 Å². The zero-order chi connectivity index (χ0) is 27.4. The van der Waals surface area contributed by atoms with Crippen molar-refractivity contribution in [2.45, 2.75) is 51.6 Å². The molecule has 40 heavy (non-hydrogen) atoms. The van der Waals surface area contributed by atoms with Crippen LogP contribution < -0.4 is 10.1 Å². The molecule has 3 aromatic heterocycles.